The lowest BCUT2D eigenvalue weighted by Gasteiger charge is -2.17. The Morgan fingerprint density at radius 1 is 1.21 bits per heavy atom. The zero-order valence-corrected chi connectivity index (χ0v) is 15.7. The Labute approximate surface area is 165 Å². The summed E-state index contributed by atoms with van der Waals surface area (Å²) >= 11 is 1.60. The molecule has 0 bridgehead atoms. The van der Waals surface area contributed by atoms with Gasteiger partial charge in [-0.05, 0) is 52.2 Å². The molecular formula is C20H18FN5OS. The first-order valence-electron chi connectivity index (χ1n) is 8.77. The normalized spacial score (nSPS) is 12.0. The molecular weight excluding hydrogens is 377 g/mol. The van der Waals surface area contributed by atoms with Crippen molar-refractivity contribution < 1.29 is 9.18 Å². The molecule has 4 aromatic rings. The van der Waals surface area contributed by atoms with Crippen molar-refractivity contribution in [1.82, 2.24) is 19.7 Å². The second-order valence-corrected chi connectivity index (χ2v) is 7.14. The Balaban J connectivity index is 1.40. The second-order valence-electron chi connectivity index (χ2n) is 6.36. The van der Waals surface area contributed by atoms with Gasteiger partial charge >= 0.3 is 0 Å². The lowest BCUT2D eigenvalue weighted by atomic mass is 10.1. The molecule has 142 valence electrons. The largest absolute Gasteiger partial charge is 0.346 e. The molecule has 3 aromatic heterocycles. The van der Waals surface area contributed by atoms with Gasteiger partial charge in [0.05, 0.1) is 12.5 Å². The predicted octanol–water partition coefficient (Wildman–Crippen LogP) is 4.02. The highest BCUT2D eigenvalue weighted by atomic mass is 32.1. The Kier molecular flexibility index (Phi) is 5.29. The molecule has 1 unspecified atom stereocenters. The minimum Gasteiger partial charge on any atom is -0.346 e. The number of amides is 1. The second kappa shape index (κ2) is 8.18. The van der Waals surface area contributed by atoms with E-state index in [-0.39, 0.29) is 30.1 Å². The van der Waals surface area contributed by atoms with Crippen molar-refractivity contribution in [2.75, 3.05) is 5.32 Å². The maximum atomic E-state index is 13.0. The molecule has 0 saturated heterocycles. The number of H-pyrrole nitrogens is 1. The van der Waals surface area contributed by atoms with Crippen LogP contribution in [0.5, 0.6) is 0 Å². The summed E-state index contributed by atoms with van der Waals surface area (Å²) in [7, 11) is 0. The number of thiophene rings is 1. The van der Waals surface area contributed by atoms with E-state index in [0.717, 1.165) is 11.1 Å². The molecule has 4 rings (SSSR count). The summed E-state index contributed by atoms with van der Waals surface area (Å²) < 4.78 is 15.0. The van der Waals surface area contributed by atoms with Crippen molar-refractivity contribution in [1.29, 1.82) is 0 Å². The molecule has 0 aliphatic heterocycles. The predicted molar refractivity (Wildman–Crippen MR) is 106 cm³/mol. The summed E-state index contributed by atoms with van der Waals surface area (Å²) in [6, 6.07) is 12.0. The zero-order valence-electron chi connectivity index (χ0n) is 14.9. The number of anilines is 1. The molecule has 3 heterocycles. The molecule has 28 heavy (non-hydrogen) atoms. The molecule has 1 atom stereocenters. The number of aromatic amines is 1. The van der Waals surface area contributed by atoms with Gasteiger partial charge < -0.3 is 4.57 Å². The minimum absolute atomic E-state index is 0.0844. The fourth-order valence-electron chi connectivity index (χ4n) is 2.99. The molecule has 1 aromatic carbocycles. The summed E-state index contributed by atoms with van der Waals surface area (Å²) in [5.41, 5.74) is 1.99. The van der Waals surface area contributed by atoms with E-state index in [9.17, 15) is 9.18 Å². The highest BCUT2D eigenvalue weighted by molar-refractivity contribution is 7.08. The summed E-state index contributed by atoms with van der Waals surface area (Å²) in [4.78, 5) is 16.9. The number of aromatic nitrogens is 4. The van der Waals surface area contributed by atoms with Crippen LogP contribution in [0, 0.1) is 5.82 Å². The van der Waals surface area contributed by atoms with Crippen LogP contribution in [0.25, 0.3) is 0 Å². The highest BCUT2D eigenvalue weighted by Gasteiger charge is 2.19. The van der Waals surface area contributed by atoms with Crippen LogP contribution >= 0.6 is 11.3 Å². The van der Waals surface area contributed by atoms with Crippen LogP contribution in [0.4, 0.5) is 10.3 Å². The topological polar surface area (TPSA) is 75.6 Å². The maximum absolute atomic E-state index is 13.0. The molecule has 0 fully saturated rings. The molecule has 6 nitrogen and oxygen atoms in total. The quantitative estimate of drug-likeness (QED) is 0.496. The number of benzene rings is 1. The molecule has 0 saturated carbocycles. The smallest absolute Gasteiger partial charge is 0.248 e. The lowest BCUT2D eigenvalue weighted by molar-refractivity contribution is -0.116. The van der Waals surface area contributed by atoms with Crippen LogP contribution in [0.2, 0.25) is 0 Å². The van der Waals surface area contributed by atoms with Crippen molar-refractivity contribution in [2.24, 2.45) is 0 Å². The first-order chi connectivity index (χ1) is 13.7. The van der Waals surface area contributed by atoms with E-state index in [1.807, 2.05) is 45.9 Å². The highest BCUT2D eigenvalue weighted by Crippen LogP contribution is 2.25. The molecule has 0 aliphatic rings. The van der Waals surface area contributed by atoms with Crippen LogP contribution in [0.15, 0.2) is 65.6 Å². The van der Waals surface area contributed by atoms with Gasteiger partial charge in [-0.1, -0.05) is 12.1 Å². The van der Waals surface area contributed by atoms with E-state index < -0.39 is 0 Å². The molecule has 8 heteroatoms. The van der Waals surface area contributed by atoms with E-state index in [4.69, 9.17) is 0 Å². The molecule has 0 radical (unpaired) electrons. The Bertz CT molecular complexity index is 991. The number of carbonyl (C=O) groups excluding carboxylic acids is 1. The van der Waals surface area contributed by atoms with Crippen molar-refractivity contribution in [2.45, 2.75) is 18.9 Å². The third-order valence-electron chi connectivity index (χ3n) is 4.36. The van der Waals surface area contributed by atoms with E-state index in [1.54, 1.807) is 23.5 Å². The van der Waals surface area contributed by atoms with Gasteiger partial charge in [-0.15, -0.1) is 5.10 Å². The lowest BCUT2D eigenvalue weighted by Crippen LogP contribution is -2.19. The van der Waals surface area contributed by atoms with Gasteiger partial charge in [-0.25, -0.2) is 4.39 Å². The summed E-state index contributed by atoms with van der Waals surface area (Å²) in [6.07, 6.45) is 4.64. The first kappa shape index (κ1) is 18.1. The number of rotatable bonds is 7. The van der Waals surface area contributed by atoms with Crippen LogP contribution < -0.4 is 5.32 Å². The van der Waals surface area contributed by atoms with Crippen LogP contribution in [-0.4, -0.2) is 25.7 Å². The van der Waals surface area contributed by atoms with Crippen LogP contribution in [0.1, 0.15) is 29.4 Å². The average Bonchev–Trinajstić information content (AvgIpc) is 3.45. The number of carbonyl (C=O) groups is 1. The molecule has 2 N–H and O–H groups in total. The van der Waals surface area contributed by atoms with Crippen LogP contribution in [-0.2, 0) is 11.2 Å². The van der Waals surface area contributed by atoms with E-state index in [0.29, 0.717) is 12.2 Å². The van der Waals surface area contributed by atoms with Crippen molar-refractivity contribution in [3.8, 4) is 0 Å². The summed E-state index contributed by atoms with van der Waals surface area (Å²) in [6.45, 7) is 0. The number of nitrogens with one attached hydrogen (secondary N) is 2. The maximum Gasteiger partial charge on any atom is 0.248 e. The Morgan fingerprint density at radius 2 is 2.00 bits per heavy atom. The fourth-order valence-corrected chi connectivity index (χ4v) is 3.70. The van der Waals surface area contributed by atoms with E-state index in [2.05, 4.69) is 20.5 Å². The Hall–Kier alpha value is -3.26. The number of hydrogen-bond acceptors (Lipinski definition) is 4. The summed E-state index contributed by atoms with van der Waals surface area (Å²) in [5.74, 6) is 0.384. The van der Waals surface area contributed by atoms with Crippen molar-refractivity contribution in [3.63, 3.8) is 0 Å². The molecule has 1 amide bonds. The first-order valence-corrected chi connectivity index (χ1v) is 9.72. The van der Waals surface area contributed by atoms with Gasteiger partial charge in [0, 0.05) is 18.8 Å². The number of nitrogens with zero attached hydrogens (tertiary/aromatic N) is 3. The van der Waals surface area contributed by atoms with Crippen LogP contribution in [0.3, 0.4) is 0 Å². The average molecular weight is 395 g/mol. The van der Waals surface area contributed by atoms with Crippen molar-refractivity contribution in [3.05, 3.63) is 88.4 Å². The van der Waals surface area contributed by atoms with E-state index in [1.165, 1.54) is 12.1 Å². The third-order valence-corrected chi connectivity index (χ3v) is 5.06. The monoisotopic (exact) mass is 395 g/mol. The zero-order chi connectivity index (χ0) is 19.3. The SMILES string of the molecule is O=C(CC(c1ccsc1)n1cccc1)Nc1n[nH]c(Cc2ccc(F)cc2)n1. The van der Waals surface area contributed by atoms with Gasteiger partial charge in [0.2, 0.25) is 11.9 Å². The minimum atomic E-state index is -0.280. The number of halogens is 1. The van der Waals surface area contributed by atoms with Gasteiger partial charge in [-0.3, -0.25) is 15.2 Å². The van der Waals surface area contributed by atoms with Gasteiger partial charge in [0.25, 0.3) is 0 Å². The molecule has 0 aliphatic carbocycles. The number of hydrogen-bond donors (Lipinski definition) is 2. The van der Waals surface area contributed by atoms with E-state index >= 15 is 0 Å². The summed E-state index contributed by atoms with van der Waals surface area (Å²) in [5, 5.41) is 13.7. The third kappa shape index (κ3) is 4.34. The fraction of sp³-hybridized carbons (Fsp3) is 0.150. The van der Waals surface area contributed by atoms with Gasteiger partial charge in [0.1, 0.15) is 11.6 Å². The standard InChI is InChI=1S/C20H18FN5OS/c21-16-5-3-14(4-6-16)11-18-22-20(25-24-18)23-19(27)12-17(15-7-10-28-13-15)26-8-1-2-9-26/h1-10,13,17H,11-12H2,(H2,22,23,24,25,27). The van der Waals surface area contributed by atoms with Gasteiger partial charge in [0.15, 0.2) is 0 Å². The van der Waals surface area contributed by atoms with Gasteiger partial charge in [-0.2, -0.15) is 16.3 Å². The van der Waals surface area contributed by atoms with Crippen molar-refractivity contribution >= 4 is 23.2 Å². The Morgan fingerprint density at radius 3 is 2.71 bits per heavy atom. The molecule has 0 spiro atoms.